The first-order chi connectivity index (χ1) is 25.7. The lowest BCUT2D eigenvalue weighted by Crippen LogP contribution is -2.13. The number of rotatable bonds is 7. The fourth-order valence-corrected chi connectivity index (χ4v) is 5.53. The van der Waals surface area contributed by atoms with Gasteiger partial charge < -0.3 is 4.18 Å². The van der Waals surface area contributed by atoms with Gasteiger partial charge in [0.1, 0.15) is 5.75 Å². The van der Waals surface area contributed by atoms with Gasteiger partial charge >= 0.3 is 10.5 Å². The Morgan fingerprint density at radius 3 is 0.810 bits per heavy atom. The molecular weight excluding hydrogens is 756 g/mol. The highest BCUT2D eigenvalue weighted by molar-refractivity contribution is 8.42. The van der Waals surface area contributed by atoms with Crippen molar-refractivity contribution in [2.75, 3.05) is 0 Å². The Hall–Kier alpha value is -4.10. The van der Waals surface area contributed by atoms with Crippen molar-refractivity contribution in [3.05, 3.63) is 171 Å². The fraction of sp³-hybridized carbons (Fsp3) is 0.412. The zero-order chi connectivity index (χ0) is 42.9. The van der Waals surface area contributed by atoms with Crippen LogP contribution in [-0.2, 0) is 0 Å². The molecule has 0 N–H and O–H groups in total. The second kappa shape index (κ2) is 24.1. The highest BCUT2D eigenvalue weighted by Gasteiger charge is 2.67. The van der Waals surface area contributed by atoms with E-state index in [9.17, 15) is 19.4 Å². The number of hydrogen-bond acceptors (Lipinski definition) is 1. The zero-order valence-electron chi connectivity index (χ0n) is 36.1. The molecule has 326 valence electrons. The molecule has 0 saturated heterocycles. The van der Waals surface area contributed by atoms with Crippen LogP contribution in [-0.4, -0.2) is 0 Å². The normalized spacial score (nSPS) is 11.8. The van der Waals surface area contributed by atoms with Crippen LogP contribution in [0.5, 0.6) is 5.75 Å². The third kappa shape index (κ3) is 25.3. The minimum absolute atomic E-state index is 0. The van der Waals surface area contributed by atoms with Crippen molar-refractivity contribution >= 4 is 10.5 Å². The molecule has 0 aliphatic carbocycles. The highest BCUT2D eigenvalue weighted by Crippen LogP contribution is 2.97. The first kappa shape index (κ1) is 56.0. The maximum Gasteiger partial charge on any atom is 0.435 e. The van der Waals surface area contributed by atoms with Crippen LogP contribution in [0, 0.1) is 27.7 Å². The van der Waals surface area contributed by atoms with Gasteiger partial charge in [-0.1, -0.05) is 235 Å². The monoisotopic (exact) mass is 831 g/mol. The van der Waals surface area contributed by atoms with Gasteiger partial charge in [-0.2, -0.15) is 0 Å². The van der Waals surface area contributed by atoms with Crippen molar-refractivity contribution in [2.24, 2.45) is 0 Å². The van der Waals surface area contributed by atoms with Crippen LogP contribution >= 0.6 is 10.5 Å². The fourth-order valence-electron chi connectivity index (χ4n) is 5.05. The maximum atomic E-state index is 11.9. The van der Waals surface area contributed by atoms with Crippen LogP contribution in [0.4, 0.5) is 19.4 Å². The Kier molecular flexibility index (Phi) is 23.3. The van der Waals surface area contributed by atoms with E-state index in [1.165, 1.54) is 56.6 Å². The Labute approximate surface area is 351 Å². The lowest BCUT2D eigenvalue weighted by atomic mass is 10.0. The Bertz CT molecular complexity index is 1740. The van der Waals surface area contributed by atoms with Gasteiger partial charge in [0, 0.05) is 0 Å². The van der Waals surface area contributed by atoms with Crippen molar-refractivity contribution in [3.63, 3.8) is 0 Å². The summed E-state index contributed by atoms with van der Waals surface area (Å²) in [7, 11) is -9.84. The molecule has 0 amide bonds. The summed E-state index contributed by atoms with van der Waals surface area (Å²) in [5.41, 5.74) is 11.8. The first-order valence-corrected chi connectivity index (χ1v) is 21.3. The van der Waals surface area contributed by atoms with Crippen molar-refractivity contribution in [1.82, 2.24) is 0 Å². The van der Waals surface area contributed by atoms with Crippen LogP contribution in [0.25, 0.3) is 0 Å². The van der Waals surface area contributed by atoms with Crippen LogP contribution in [0.15, 0.2) is 121 Å². The summed E-state index contributed by atoms with van der Waals surface area (Å²) >= 11 is 0. The average molecular weight is 831 g/mol. The molecule has 0 radical (unpaired) electrons. The molecule has 5 aromatic rings. The van der Waals surface area contributed by atoms with Gasteiger partial charge in [0.25, 0.3) is 0 Å². The van der Waals surface area contributed by atoms with E-state index in [-0.39, 0.29) is 20.8 Å². The molecule has 0 aliphatic heterocycles. The van der Waals surface area contributed by atoms with E-state index >= 15 is 0 Å². The molecule has 0 heterocycles. The molecule has 0 fully saturated rings. The van der Waals surface area contributed by atoms with Gasteiger partial charge in [-0.25, -0.2) is 0 Å². The molecule has 0 unspecified atom stereocenters. The largest absolute Gasteiger partial charge is 0.435 e. The Balaban J connectivity index is 0. The van der Waals surface area contributed by atoms with E-state index in [2.05, 4.69) is 184 Å². The van der Waals surface area contributed by atoms with Crippen molar-refractivity contribution in [2.45, 2.75) is 141 Å². The molecule has 1 nitrogen and oxygen atoms in total. The molecule has 5 rings (SSSR count). The van der Waals surface area contributed by atoms with E-state index in [4.69, 9.17) is 0 Å². The number of benzene rings is 5. The van der Waals surface area contributed by atoms with Gasteiger partial charge in [0.2, 0.25) is 0 Å². The standard InChI is InChI=1S/4C10H14.C9H11F5OS.2CH4/c2*1-8(2)10-6-4-9(3)5-7-10;2*1-8(2)10-6-4-5-9(3)7-10;1-7(2)8-3-5-9(6-4-8)15-16(10,11,12,13)14;;/h4*4-8H,1-3H3;3-7H,1-2H3;2*1H4. The summed E-state index contributed by atoms with van der Waals surface area (Å²) < 4.78 is 62.6. The molecule has 58 heavy (non-hydrogen) atoms. The van der Waals surface area contributed by atoms with E-state index in [0.29, 0.717) is 23.7 Å². The van der Waals surface area contributed by atoms with Crippen LogP contribution in [0.2, 0.25) is 0 Å². The minimum atomic E-state index is -9.84. The second-order valence-electron chi connectivity index (χ2n) is 16.0. The third-order valence-electron chi connectivity index (χ3n) is 8.71. The first-order valence-electron chi connectivity index (χ1n) is 19.5. The minimum Gasteiger partial charge on any atom is -0.355 e. The summed E-state index contributed by atoms with van der Waals surface area (Å²) in [5.74, 6) is 1.82. The molecule has 5 aromatic carbocycles. The van der Waals surface area contributed by atoms with E-state index in [1.54, 1.807) is 0 Å². The van der Waals surface area contributed by atoms with E-state index in [1.807, 2.05) is 13.8 Å². The summed E-state index contributed by atoms with van der Waals surface area (Å²) in [5, 5.41) is 0. The topological polar surface area (TPSA) is 9.23 Å². The van der Waals surface area contributed by atoms with Crippen LogP contribution in [0.3, 0.4) is 0 Å². The van der Waals surface area contributed by atoms with Crippen molar-refractivity contribution in [3.8, 4) is 5.75 Å². The lowest BCUT2D eigenvalue weighted by Gasteiger charge is -2.39. The van der Waals surface area contributed by atoms with Gasteiger partial charge in [-0.3, -0.25) is 0 Å². The molecule has 0 spiro atoms. The van der Waals surface area contributed by atoms with Crippen LogP contribution in [0.1, 0.15) is 164 Å². The number of halogens is 5. The highest BCUT2D eigenvalue weighted by atomic mass is 32.5. The SMILES string of the molecule is C.C.CC(C)c1ccc(OS(F)(F)(F)(F)F)cc1.Cc1ccc(C(C)C)cc1.Cc1ccc(C(C)C)cc1.Cc1cccc(C(C)C)c1.Cc1cccc(C(C)C)c1. The molecular formula is C51H75F5OS. The lowest BCUT2D eigenvalue weighted by molar-refractivity contribution is 0.243. The zero-order valence-corrected chi connectivity index (χ0v) is 37.0. The van der Waals surface area contributed by atoms with E-state index < -0.39 is 16.3 Å². The molecule has 0 saturated carbocycles. The summed E-state index contributed by atoms with van der Waals surface area (Å²) in [4.78, 5) is 0. The second-order valence-corrected chi connectivity index (χ2v) is 17.9. The van der Waals surface area contributed by atoms with E-state index in [0.717, 1.165) is 17.7 Å². The van der Waals surface area contributed by atoms with Gasteiger partial charge in [0.05, 0.1) is 0 Å². The number of hydrogen-bond donors (Lipinski definition) is 0. The van der Waals surface area contributed by atoms with Crippen molar-refractivity contribution in [1.29, 1.82) is 0 Å². The summed E-state index contributed by atoms with van der Waals surface area (Å²) in [6.45, 7) is 29.9. The smallest absolute Gasteiger partial charge is 0.355 e. The summed E-state index contributed by atoms with van der Waals surface area (Å²) in [6.07, 6.45) is 0. The third-order valence-corrected chi connectivity index (χ3v) is 9.21. The maximum absolute atomic E-state index is 11.9. The Morgan fingerprint density at radius 1 is 0.345 bits per heavy atom. The molecule has 0 aromatic heterocycles. The Morgan fingerprint density at radius 2 is 0.603 bits per heavy atom. The predicted octanol–water partition coefficient (Wildman–Crippen LogP) is 19.1. The molecule has 0 bridgehead atoms. The molecule has 0 atom stereocenters. The quantitative estimate of drug-likeness (QED) is 0.149. The summed E-state index contributed by atoms with van der Waals surface area (Å²) in [6, 6.07) is 39.2. The average Bonchev–Trinajstić information content (AvgIpc) is 3.09. The predicted molar refractivity (Wildman–Crippen MR) is 249 cm³/mol. The van der Waals surface area contributed by atoms with Crippen molar-refractivity contribution < 1.29 is 23.6 Å². The van der Waals surface area contributed by atoms with Gasteiger partial charge in [-0.05, 0) is 97.2 Å². The molecule has 0 aliphatic rings. The van der Waals surface area contributed by atoms with Gasteiger partial charge in [0.15, 0.2) is 0 Å². The van der Waals surface area contributed by atoms with Gasteiger partial charge in [-0.15, -0.1) is 0 Å². The number of aryl methyl sites for hydroxylation is 4. The van der Waals surface area contributed by atoms with Crippen LogP contribution < -0.4 is 4.18 Å². The molecule has 7 heteroatoms.